The average molecular weight is 103 g/mol. The maximum absolute atomic E-state index is 3.24. The predicted octanol–water partition coefficient (Wildman–Crippen LogP) is 1.23. The molecular weight excluding hydrogens is 92.1 g/mol. The highest BCUT2D eigenvalue weighted by molar-refractivity contribution is 7.85. The minimum Gasteiger partial charge on any atom is -0.460 e. The third-order valence-electron chi connectivity index (χ3n) is 0.433. The molecule has 0 saturated carbocycles. The first-order chi connectivity index (χ1) is 2.77. The zero-order chi connectivity index (χ0) is 4.99. The van der Waals surface area contributed by atoms with Gasteiger partial charge in [-0.15, -0.1) is 12.5 Å². The van der Waals surface area contributed by atoms with Gasteiger partial charge in [0.05, 0.1) is 0 Å². The van der Waals surface area contributed by atoms with E-state index in [2.05, 4.69) is 24.6 Å². The molecule has 0 N–H and O–H groups in total. The van der Waals surface area contributed by atoms with Crippen LogP contribution in [-0.2, 0) is 10.3 Å². The maximum atomic E-state index is 3.24. The molecule has 38 valence electrons. The maximum Gasteiger partial charge on any atom is -0.0285 e. The standard InChI is InChI=1S/C5H11S/c1-4-5-6(2)3/h4H2,1-3H3/q-1. The molecule has 0 heterocycles. The summed E-state index contributed by atoms with van der Waals surface area (Å²) in [6.45, 7) is 2.12. The summed E-state index contributed by atoms with van der Waals surface area (Å²) in [4.78, 5) is 0. The monoisotopic (exact) mass is 103 g/mol. The lowest BCUT2D eigenvalue weighted by Crippen LogP contribution is -1.70. The minimum absolute atomic E-state index is 0.434. The molecule has 0 atom stereocenters. The largest absolute Gasteiger partial charge is 0.460 e. The van der Waals surface area contributed by atoms with Crippen LogP contribution in [0.1, 0.15) is 13.3 Å². The Morgan fingerprint density at radius 2 is 2.00 bits per heavy atom. The van der Waals surface area contributed by atoms with Crippen molar-refractivity contribution in [1.29, 1.82) is 0 Å². The van der Waals surface area contributed by atoms with Gasteiger partial charge in [0.1, 0.15) is 0 Å². The Labute approximate surface area is 42.1 Å². The van der Waals surface area contributed by atoms with E-state index in [1.54, 1.807) is 0 Å². The highest BCUT2D eigenvalue weighted by Gasteiger charge is 1.45. The zero-order valence-electron chi connectivity index (χ0n) is 4.62. The first kappa shape index (κ1) is 6.13. The second kappa shape index (κ2) is 3.32. The number of hydrogen-bond donors (Lipinski definition) is 0. The van der Waals surface area contributed by atoms with Gasteiger partial charge in [0.15, 0.2) is 0 Å². The summed E-state index contributed by atoms with van der Waals surface area (Å²) in [7, 11) is 0.434. The molecule has 0 aliphatic carbocycles. The molecule has 0 saturated heterocycles. The van der Waals surface area contributed by atoms with E-state index in [4.69, 9.17) is 0 Å². The summed E-state index contributed by atoms with van der Waals surface area (Å²) < 4.78 is 0. The predicted molar refractivity (Wildman–Crippen MR) is 33.4 cm³/mol. The summed E-state index contributed by atoms with van der Waals surface area (Å²) in [6.07, 6.45) is 5.43. The van der Waals surface area contributed by atoms with E-state index in [0.29, 0.717) is 10.3 Å². The van der Waals surface area contributed by atoms with E-state index in [1.807, 2.05) is 0 Å². The average Bonchev–Trinajstić information content (AvgIpc) is 1.35. The Morgan fingerprint density at radius 3 is 2.00 bits per heavy atom. The molecule has 0 amide bonds. The Balaban J connectivity index is 3.36. The van der Waals surface area contributed by atoms with Crippen molar-refractivity contribution in [3.05, 3.63) is 0 Å². The van der Waals surface area contributed by atoms with Gasteiger partial charge in [-0.2, -0.15) is 0 Å². The quantitative estimate of drug-likeness (QED) is 0.405. The summed E-state index contributed by atoms with van der Waals surface area (Å²) in [5, 5.41) is 3.24. The molecule has 0 nitrogen and oxygen atoms in total. The highest BCUT2D eigenvalue weighted by atomic mass is 32.2. The number of hydrogen-bond acceptors (Lipinski definition) is 1. The van der Waals surface area contributed by atoms with Crippen LogP contribution in [0.5, 0.6) is 0 Å². The van der Waals surface area contributed by atoms with Crippen molar-refractivity contribution in [1.82, 2.24) is 0 Å². The van der Waals surface area contributed by atoms with Gasteiger partial charge in [-0.1, -0.05) is 6.92 Å². The topological polar surface area (TPSA) is 0 Å². The van der Waals surface area contributed by atoms with Crippen molar-refractivity contribution >= 4 is 10.3 Å². The molecule has 0 aromatic rings. The normalized spacial score (nSPS) is 8.67. The Morgan fingerprint density at radius 1 is 1.50 bits per heavy atom. The molecular formula is C5H11S-. The van der Waals surface area contributed by atoms with E-state index in [9.17, 15) is 0 Å². The van der Waals surface area contributed by atoms with Crippen molar-refractivity contribution in [2.45, 2.75) is 13.3 Å². The first-order valence-electron chi connectivity index (χ1n) is 2.08. The first-order valence-corrected chi connectivity index (χ1v) is 4.12. The van der Waals surface area contributed by atoms with Crippen molar-refractivity contribution < 1.29 is 0 Å². The van der Waals surface area contributed by atoms with E-state index in [1.165, 1.54) is 0 Å². The van der Waals surface area contributed by atoms with Crippen molar-refractivity contribution in [3.8, 4) is 5.18 Å². The minimum atomic E-state index is 0.434. The van der Waals surface area contributed by atoms with Crippen molar-refractivity contribution in [2.24, 2.45) is 0 Å². The van der Waals surface area contributed by atoms with Gasteiger partial charge in [-0.3, -0.25) is 0 Å². The van der Waals surface area contributed by atoms with Crippen LogP contribution in [-0.4, -0.2) is 12.5 Å². The molecule has 0 rings (SSSR count). The van der Waals surface area contributed by atoms with Gasteiger partial charge >= 0.3 is 0 Å². The molecule has 0 radical (unpaired) electrons. The SMILES string of the molecule is CCC#[S-](C)C. The summed E-state index contributed by atoms with van der Waals surface area (Å²) >= 11 is 0. The van der Waals surface area contributed by atoms with Crippen LogP contribution >= 0.6 is 0 Å². The van der Waals surface area contributed by atoms with Gasteiger partial charge < -0.3 is 15.5 Å². The van der Waals surface area contributed by atoms with Crippen LogP contribution in [0, 0.1) is 5.18 Å². The molecule has 0 aliphatic rings. The molecule has 6 heavy (non-hydrogen) atoms. The third-order valence-corrected chi connectivity index (χ3v) is 1.30. The van der Waals surface area contributed by atoms with Gasteiger partial charge in [-0.05, 0) is 6.42 Å². The van der Waals surface area contributed by atoms with Crippen LogP contribution in [0.3, 0.4) is 0 Å². The molecule has 1 heteroatoms. The molecule has 0 spiro atoms. The third kappa shape index (κ3) is 4.13. The zero-order valence-corrected chi connectivity index (χ0v) is 5.43. The van der Waals surface area contributed by atoms with Crippen molar-refractivity contribution in [3.63, 3.8) is 0 Å². The van der Waals surface area contributed by atoms with E-state index in [0.717, 1.165) is 6.42 Å². The lowest BCUT2D eigenvalue weighted by atomic mass is 10.6. The van der Waals surface area contributed by atoms with Crippen LogP contribution < -0.4 is 0 Å². The van der Waals surface area contributed by atoms with Gasteiger partial charge in [0.2, 0.25) is 0 Å². The van der Waals surface area contributed by atoms with E-state index in [-0.39, 0.29) is 0 Å². The second-order valence-electron chi connectivity index (χ2n) is 1.31. The fraction of sp³-hybridized carbons (Fsp3) is 0.800. The van der Waals surface area contributed by atoms with Crippen LogP contribution in [0.4, 0.5) is 0 Å². The Bertz CT molecular complexity index is 85.5. The Hall–Kier alpha value is 0.130. The molecule has 0 aromatic heterocycles. The second-order valence-corrected chi connectivity index (χ2v) is 3.24. The van der Waals surface area contributed by atoms with E-state index >= 15 is 0 Å². The fourth-order valence-electron chi connectivity index (χ4n) is 0.289. The summed E-state index contributed by atoms with van der Waals surface area (Å²) in [5.74, 6) is 0. The molecule has 0 unspecified atom stereocenters. The molecule has 0 fully saturated rings. The van der Waals surface area contributed by atoms with Gasteiger partial charge in [0.25, 0.3) is 0 Å². The Kier molecular flexibility index (Phi) is 3.40. The van der Waals surface area contributed by atoms with Gasteiger partial charge in [-0.25, -0.2) is 0 Å². The van der Waals surface area contributed by atoms with Crippen LogP contribution in [0.15, 0.2) is 0 Å². The summed E-state index contributed by atoms with van der Waals surface area (Å²) in [5.41, 5.74) is 0. The van der Waals surface area contributed by atoms with Crippen LogP contribution in [0.2, 0.25) is 0 Å². The lowest BCUT2D eigenvalue weighted by molar-refractivity contribution is 1.29. The molecule has 0 aromatic carbocycles. The molecule has 0 bridgehead atoms. The van der Waals surface area contributed by atoms with Crippen LogP contribution in [0.25, 0.3) is 0 Å². The number of rotatable bonds is 0. The fourth-order valence-corrected chi connectivity index (χ4v) is 0.866. The molecule has 0 aliphatic heterocycles. The summed E-state index contributed by atoms with van der Waals surface area (Å²) in [6, 6.07) is 0. The highest BCUT2D eigenvalue weighted by Crippen LogP contribution is 1.68. The smallest absolute Gasteiger partial charge is 0.0285 e. The van der Waals surface area contributed by atoms with E-state index < -0.39 is 0 Å². The lowest BCUT2D eigenvalue weighted by Gasteiger charge is -1.94. The van der Waals surface area contributed by atoms with Crippen molar-refractivity contribution in [2.75, 3.05) is 12.5 Å². The van der Waals surface area contributed by atoms with Gasteiger partial charge in [0, 0.05) is 0 Å².